The average Bonchev–Trinajstić information content (AvgIpc) is 2.99. The number of rotatable bonds is 10. The zero-order valence-electron chi connectivity index (χ0n) is 23.7. The highest BCUT2D eigenvalue weighted by Crippen LogP contribution is 2.24. The van der Waals surface area contributed by atoms with Gasteiger partial charge in [-0.3, -0.25) is 4.79 Å². The molecular weight excluding hydrogens is 516 g/mol. The van der Waals surface area contributed by atoms with E-state index in [9.17, 15) is 9.59 Å². The van der Waals surface area contributed by atoms with Crippen LogP contribution in [0.25, 0.3) is 0 Å². The highest BCUT2D eigenvalue weighted by Gasteiger charge is 2.13. The van der Waals surface area contributed by atoms with Crippen molar-refractivity contribution in [1.82, 2.24) is 5.43 Å². The molecule has 4 rings (SSSR count). The molecule has 41 heavy (non-hydrogen) atoms. The number of para-hydroxylation sites is 1. The molecule has 0 atom stereocenters. The van der Waals surface area contributed by atoms with E-state index in [1.54, 1.807) is 30.5 Å². The largest absolute Gasteiger partial charge is 0.489 e. The molecule has 210 valence electrons. The lowest BCUT2D eigenvalue weighted by Gasteiger charge is -2.19. The summed E-state index contributed by atoms with van der Waals surface area (Å²) in [7, 11) is 1.35. The molecule has 0 spiro atoms. The van der Waals surface area contributed by atoms with Gasteiger partial charge in [0.2, 0.25) is 0 Å². The lowest BCUT2D eigenvalue weighted by molar-refractivity contribution is 0.0600. The molecule has 0 bridgehead atoms. The zero-order valence-corrected chi connectivity index (χ0v) is 23.7. The van der Waals surface area contributed by atoms with Gasteiger partial charge in [0.15, 0.2) is 0 Å². The summed E-state index contributed by atoms with van der Waals surface area (Å²) in [6, 6.07) is 29.7. The second kappa shape index (κ2) is 13.4. The number of hydrazone groups is 1. The third-order valence-corrected chi connectivity index (χ3v) is 6.40. The number of carbonyl (C=O) groups is 2. The monoisotopic (exact) mass is 550 g/mol. The Kier molecular flexibility index (Phi) is 9.53. The summed E-state index contributed by atoms with van der Waals surface area (Å²) >= 11 is 0. The molecule has 0 aliphatic heterocycles. The second-order valence-corrected chi connectivity index (χ2v) is 10.5. The normalized spacial score (nSPS) is 11.2. The van der Waals surface area contributed by atoms with Crippen LogP contribution in [0.5, 0.6) is 11.5 Å². The van der Waals surface area contributed by atoms with Gasteiger partial charge in [0.05, 0.1) is 18.9 Å². The van der Waals surface area contributed by atoms with Gasteiger partial charge in [0.1, 0.15) is 24.7 Å². The Bertz CT molecular complexity index is 1490. The third kappa shape index (κ3) is 8.29. The molecule has 0 saturated carbocycles. The van der Waals surface area contributed by atoms with Crippen LogP contribution in [0.2, 0.25) is 0 Å². The third-order valence-electron chi connectivity index (χ3n) is 6.40. The van der Waals surface area contributed by atoms with E-state index in [-0.39, 0.29) is 17.3 Å². The van der Waals surface area contributed by atoms with E-state index in [4.69, 9.17) is 14.2 Å². The molecule has 0 fully saturated rings. The van der Waals surface area contributed by atoms with E-state index in [0.29, 0.717) is 35.7 Å². The molecule has 4 aromatic rings. The molecule has 0 aliphatic rings. The van der Waals surface area contributed by atoms with Crippen LogP contribution in [0.1, 0.15) is 63.7 Å². The molecule has 0 saturated heterocycles. The molecule has 1 N–H and O–H groups in total. The number of carbonyl (C=O) groups excluding carboxylic acids is 2. The molecule has 0 unspecified atom stereocenters. The molecule has 4 aromatic carbocycles. The van der Waals surface area contributed by atoms with Crippen molar-refractivity contribution in [2.45, 2.75) is 39.4 Å². The Hall–Kier alpha value is -4.91. The Morgan fingerprint density at radius 3 is 1.95 bits per heavy atom. The summed E-state index contributed by atoms with van der Waals surface area (Å²) in [4.78, 5) is 24.2. The van der Waals surface area contributed by atoms with Crippen LogP contribution in [0.3, 0.4) is 0 Å². The first-order valence-corrected chi connectivity index (χ1v) is 13.3. The van der Waals surface area contributed by atoms with Crippen molar-refractivity contribution >= 4 is 18.1 Å². The maximum absolute atomic E-state index is 12.6. The first kappa shape index (κ1) is 29.1. The molecule has 0 radical (unpaired) electrons. The van der Waals surface area contributed by atoms with E-state index >= 15 is 0 Å². The summed E-state index contributed by atoms with van der Waals surface area (Å²) in [5, 5.41) is 4.12. The molecule has 1 amide bonds. The zero-order chi connectivity index (χ0) is 29.2. The van der Waals surface area contributed by atoms with E-state index in [1.807, 2.05) is 60.7 Å². The van der Waals surface area contributed by atoms with Crippen LogP contribution in [-0.2, 0) is 23.4 Å². The predicted octanol–water partition coefficient (Wildman–Crippen LogP) is 6.69. The molecule has 7 nitrogen and oxygen atoms in total. The Balaban J connectivity index is 1.28. The summed E-state index contributed by atoms with van der Waals surface area (Å²) in [5.74, 6) is 0.703. The number of hydrogen-bond acceptors (Lipinski definition) is 6. The van der Waals surface area contributed by atoms with Gasteiger partial charge in [0.25, 0.3) is 5.91 Å². The van der Waals surface area contributed by atoms with Crippen LogP contribution < -0.4 is 14.9 Å². The van der Waals surface area contributed by atoms with Crippen LogP contribution >= 0.6 is 0 Å². The SMILES string of the molecule is COC(=O)c1ccc(COc2ccccc2C=NNC(=O)c2ccc(COc3ccc(C(C)(C)C)cc3)cc2)cc1. The summed E-state index contributed by atoms with van der Waals surface area (Å²) in [5.41, 5.74) is 7.43. The molecule has 0 heterocycles. The highest BCUT2D eigenvalue weighted by molar-refractivity contribution is 5.95. The van der Waals surface area contributed by atoms with Crippen LogP contribution in [0.15, 0.2) is 102 Å². The standard InChI is InChI=1S/C34H34N2O5/c1-34(2,3)29-17-19-30(20-18-29)40-22-24-9-13-26(14-10-24)32(37)36-35-21-28-7-5-6-8-31(28)41-23-25-11-15-27(16-12-25)33(38)39-4/h5-21H,22-23H2,1-4H3,(H,36,37). The van der Waals surface area contributed by atoms with Gasteiger partial charge in [-0.2, -0.15) is 5.10 Å². The van der Waals surface area contributed by atoms with Crippen molar-refractivity contribution in [3.05, 3.63) is 130 Å². The van der Waals surface area contributed by atoms with Crippen molar-refractivity contribution in [3.63, 3.8) is 0 Å². The van der Waals surface area contributed by atoms with Gasteiger partial charge in [-0.05, 0) is 70.6 Å². The second-order valence-electron chi connectivity index (χ2n) is 10.5. The first-order valence-electron chi connectivity index (χ1n) is 13.3. The molecule has 0 aliphatic carbocycles. The fourth-order valence-electron chi connectivity index (χ4n) is 3.93. The number of esters is 1. The van der Waals surface area contributed by atoms with E-state index in [0.717, 1.165) is 16.9 Å². The molecule has 0 aromatic heterocycles. The lowest BCUT2D eigenvalue weighted by Crippen LogP contribution is -2.17. The van der Waals surface area contributed by atoms with Crippen molar-refractivity contribution in [1.29, 1.82) is 0 Å². The van der Waals surface area contributed by atoms with Gasteiger partial charge < -0.3 is 14.2 Å². The fourth-order valence-corrected chi connectivity index (χ4v) is 3.93. The Morgan fingerprint density at radius 1 is 0.756 bits per heavy atom. The lowest BCUT2D eigenvalue weighted by atomic mass is 9.87. The van der Waals surface area contributed by atoms with E-state index in [2.05, 4.69) is 43.4 Å². The summed E-state index contributed by atoms with van der Waals surface area (Å²) in [6.45, 7) is 7.24. The number of nitrogens with zero attached hydrogens (tertiary/aromatic N) is 1. The smallest absolute Gasteiger partial charge is 0.337 e. The Labute approximate surface area is 240 Å². The van der Waals surface area contributed by atoms with Crippen LogP contribution in [0, 0.1) is 0 Å². The predicted molar refractivity (Wildman–Crippen MR) is 160 cm³/mol. The first-order chi connectivity index (χ1) is 19.7. The van der Waals surface area contributed by atoms with Crippen molar-refractivity contribution in [2.75, 3.05) is 7.11 Å². The maximum Gasteiger partial charge on any atom is 0.337 e. The molecular formula is C34H34N2O5. The topological polar surface area (TPSA) is 86.2 Å². The van der Waals surface area contributed by atoms with Crippen molar-refractivity contribution < 1.29 is 23.8 Å². The molecule has 7 heteroatoms. The number of ether oxygens (including phenoxy) is 3. The van der Waals surface area contributed by atoms with E-state index in [1.165, 1.54) is 12.7 Å². The summed E-state index contributed by atoms with van der Waals surface area (Å²) < 4.78 is 16.6. The minimum atomic E-state index is -0.385. The number of methoxy groups -OCH3 is 1. The number of nitrogens with one attached hydrogen (secondary N) is 1. The van der Waals surface area contributed by atoms with Crippen LogP contribution in [0.4, 0.5) is 0 Å². The van der Waals surface area contributed by atoms with E-state index < -0.39 is 0 Å². The average molecular weight is 551 g/mol. The van der Waals surface area contributed by atoms with Gasteiger partial charge >= 0.3 is 5.97 Å². The van der Waals surface area contributed by atoms with Crippen LogP contribution in [-0.4, -0.2) is 25.2 Å². The number of amides is 1. The minimum absolute atomic E-state index is 0.0956. The van der Waals surface area contributed by atoms with Gasteiger partial charge in [-0.25, -0.2) is 10.2 Å². The minimum Gasteiger partial charge on any atom is -0.489 e. The fraction of sp³-hybridized carbons (Fsp3) is 0.206. The summed E-state index contributed by atoms with van der Waals surface area (Å²) in [6.07, 6.45) is 1.54. The highest BCUT2D eigenvalue weighted by atomic mass is 16.5. The van der Waals surface area contributed by atoms with Gasteiger partial charge in [-0.1, -0.05) is 69.3 Å². The maximum atomic E-state index is 12.6. The van der Waals surface area contributed by atoms with Gasteiger partial charge in [-0.15, -0.1) is 0 Å². The van der Waals surface area contributed by atoms with Crippen molar-refractivity contribution in [3.8, 4) is 11.5 Å². The quantitative estimate of drug-likeness (QED) is 0.135. The number of hydrogen-bond donors (Lipinski definition) is 1. The van der Waals surface area contributed by atoms with Crippen molar-refractivity contribution in [2.24, 2.45) is 5.10 Å². The number of benzene rings is 4. The Morgan fingerprint density at radius 2 is 1.34 bits per heavy atom. The van der Waals surface area contributed by atoms with Gasteiger partial charge in [0, 0.05) is 11.1 Å².